The molecular weight excluding hydrogens is 190 g/mol. The Morgan fingerprint density at radius 3 is 3.13 bits per heavy atom. The summed E-state index contributed by atoms with van der Waals surface area (Å²) in [6.07, 6.45) is 2.18. The van der Waals surface area contributed by atoms with E-state index in [2.05, 4.69) is 6.07 Å². The smallest absolute Gasteiger partial charge is 0.126 e. The van der Waals surface area contributed by atoms with Crippen LogP contribution in [0.15, 0.2) is 18.2 Å². The van der Waals surface area contributed by atoms with Gasteiger partial charge in [-0.05, 0) is 36.9 Å². The van der Waals surface area contributed by atoms with Crippen molar-refractivity contribution in [3.05, 3.63) is 23.8 Å². The van der Waals surface area contributed by atoms with Gasteiger partial charge in [0.25, 0.3) is 0 Å². The SMILES string of the molecule is COc1ccc2c(c1)OCCCC2CN. The molecule has 1 aliphatic rings. The van der Waals surface area contributed by atoms with Gasteiger partial charge in [0.1, 0.15) is 11.5 Å². The quantitative estimate of drug-likeness (QED) is 0.805. The Kier molecular flexibility index (Phi) is 3.11. The number of benzene rings is 1. The zero-order valence-corrected chi connectivity index (χ0v) is 9.03. The lowest BCUT2D eigenvalue weighted by molar-refractivity contribution is 0.313. The first-order valence-corrected chi connectivity index (χ1v) is 5.36. The number of methoxy groups -OCH3 is 1. The second-order valence-corrected chi connectivity index (χ2v) is 3.83. The summed E-state index contributed by atoms with van der Waals surface area (Å²) in [5.74, 6) is 2.20. The van der Waals surface area contributed by atoms with Crippen molar-refractivity contribution in [3.63, 3.8) is 0 Å². The monoisotopic (exact) mass is 207 g/mol. The van der Waals surface area contributed by atoms with Crippen molar-refractivity contribution in [1.82, 2.24) is 0 Å². The van der Waals surface area contributed by atoms with Crippen LogP contribution in [0.25, 0.3) is 0 Å². The fourth-order valence-electron chi connectivity index (χ4n) is 2.02. The van der Waals surface area contributed by atoms with E-state index in [1.807, 2.05) is 12.1 Å². The molecule has 0 saturated heterocycles. The second-order valence-electron chi connectivity index (χ2n) is 3.83. The van der Waals surface area contributed by atoms with Crippen molar-refractivity contribution in [3.8, 4) is 11.5 Å². The molecule has 1 aromatic carbocycles. The molecule has 3 heteroatoms. The molecule has 0 radical (unpaired) electrons. The topological polar surface area (TPSA) is 44.5 Å². The average molecular weight is 207 g/mol. The van der Waals surface area contributed by atoms with Crippen LogP contribution in [0, 0.1) is 0 Å². The van der Waals surface area contributed by atoms with Gasteiger partial charge in [0.05, 0.1) is 13.7 Å². The van der Waals surface area contributed by atoms with Crippen molar-refractivity contribution < 1.29 is 9.47 Å². The van der Waals surface area contributed by atoms with E-state index in [0.717, 1.165) is 30.9 Å². The summed E-state index contributed by atoms with van der Waals surface area (Å²) in [5.41, 5.74) is 6.99. The van der Waals surface area contributed by atoms with Crippen molar-refractivity contribution in [2.75, 3.05) is 20.3 Å². The molecule has 82 valence electrons. The minimum absolute atomic E-state index is 0.424. The molecule has 0 aliphatic carbocycles. The predicted molar refractivity (Wildman–Crippen MR) is 59.5 cm³/mol. The summed E-state index contributed by atoms with van der Waals surface area (Å²) in [5, 5.41) is 0. The van der Waals surface area contributed by atoms with E-state index in [4.69, 9.17) is 15.2 Å². The van der Waals surface area contributed by atoms with Gasteiger partial charge in [0, 0.05) is 6.07 Å². The molecule has 1 aromatic rings. The molecular formula is C12H17NO2. The summed E-state index contributed by atoms with van der Waals surface area (Å²) in [6, 6.07) is 5.98. The number of ether oxygens (including phenoxy) is 2. The van der Waals surface area contributed by atoms with Gasteiger partial charge in [-0.2, -0.15) is 0 Å². The second kappa shape index (κ2) is 4.53. The maximum atomic E-state index is 5.77. The van der Waals surface area contributed by atoms with Crippen LogP contribution < -0.4 is 15.2 Å². The average Bonchev–Trinajstić information content (AvgIpc) is 2.49. The minimum Gasteiger partial charge on any atom is -0.497 e. The fourth-order valence-corrected chi connectivity index (χ4v) is 2.02. The molecule has 0 bridgehead atoms. The largest absolute Gasteiger partial charge is 0.497 e. The first-order valence-electron chi connectivity index (χ1n) is 5.36. The number of nitrogens with two attached hydrogens (primary N) is 1. The van der Waals surface area contributed by atoms with Gasteiger partial charge in [-0.3, -0.25) is 0 Å². The molecule has 0 spiro atoms. The van der Waals surface area contributed by atoms with E-state index < -0.39 is 0 Å². The minimum atomic E-state index is 0.424. The van der Waals surface area contributed by atoms with E-state index in [-0.39, 0.29) is 0 Å². The van der Waals surface area contributed by atoms with Crippen LogP contribution in [0.4, 0.5) is 0 Å². The summed E-state index contributed by atoms with van der Waals surface area (Å²) in [7, 11) is 1.67. The number of hydrogen-bond donors (Lipinski definition) is 1. The van der Waals surface area contributed by atoms with Crippen LogP contribution in [0.5, 0.6) is 11.5 Å². The van der Waals surface area contributed by atoms with Gasteiger partial charge in [0.15, 0.2) is 0 Å². The molecule has 2 N–H and O–H groups in total. The molecule has 0 fully saturated rings. The van der Waals surface area contributed by atoms with Crippen molar-refractivity contribution >= 4 is 0 Å². The first-order chi connectivity index (χ1) is 7.35. The molecule has 0 saturated carbocycles. The molecule has 1 atom stereocenters. The highest BCUT2D eigenvalue weighted by atomic mass is 16.5. The van der Waals surface area contributed by atoms with Crippen LogP contribution in [0.1, 0.15) is 24.3 Å². The van der Waals surface area contributed by atoms with E-state index >= 15 is 0 Å². The van der Waals surface area contributed by atoms with E-state index in [1.54, 1.807) is 7.11 Å². The molecule has 15 heavy (non-hydrogen) atoms. The van der Waals surface area contributed by atoms with Crippen molar-refractivity contribution in [1.29, 1.82) is 0 Å². The molecule has 1 unspecified atom stereocenters. The maximum Gasteiger partial charge on any atom is 0.126 e. The van der Waals surface area contributed by atoms with Crippen LogP contribution in [-0.4, -0.2) is 20.3 Å². The van der Waals surface area contributed by atoms with Crippen LogP contribution in [0.2, 0.25) is 0 Å². The molecule has 2 rings (SSSR count). The Morgan fingerprint density at radius 1 is 1.53 bits per heavy atom. The van der Waals surface area contributed by atoms with Gasteiger partial charge in [-0.1, -0.05) is 6.07 Å². The predicted octanol–water partition coefficient (Wildman–Crippen LogP) is 1.91. The Labute approximate surface area is 90.2 Å². The summed E-state index contributed by atoms with van der Waals surface area (Å²) < 4.78 is 10.9. The lowest BCUT2D eigenvalue weighted by Gasteiger charge is -2.14. The zero-order chi connectivity index (χ0) is 10.7. The molecule has 3 nitrogen and oxygen atoms in total. The maximum absolute atomic E-state index is 5.77. The number of hydrogen-bond acceptors (Lipinski definition) is 3. The third kappa shape index (κ3) is 2.07. The lowest BCUT2D eigenvalue weighted by atomic mass is 9.94. The van der Waals surface area contributed by atoms with Gasteiger partial charge in [-0.15, -0.1) is 0 Å². The normalized spacial score (nSPS) is 20.0. The van der Waals surface area contributed by atoms with Gasteiger partial charge < -0.3 is 15.2 Å². The first kappa shape index (κ1) is 10.3. The Balaban J connectivity index is 2.36. The van der Waals surface area contributed by atoms with E-state index in [0.29, 0.717) is 12.5 Å². The van der Waals surface area contributed by atoms with Gasteiger partial charge in [-0.25, -0.2) is 0 Å². The third-order valence-corrected chi connectivity index (χ3v) is 2.90. The summed E-state index contributed by atoms with van der Waals surface area (Å²) in [4.78, 5) is 0. The third-order valence-electron chi connectivity index (χ3n) is 2.90. The van der Waals surface area contributed by atoms with Crippen LogP contribution >= 0.6 is 0 Å². The standard InChI is InChI=1S/C12H17NO2/c1-14-10-4-5-11-9(8-13)3-2-6-15-12(11)7-10/h4-5,7,9H,2-3,6,8,13H2,1H3. The summed E-state index contributed by atoms with van der Waals surface area (Å²) in [6.45, 7) is 1.46. The molecule has 1 heterocycles. The van der Waals surface area contributed by atoms with Gasteiger partial charge >= 0.3 is 0 Å². The molecule has 0 amide bonds. The highest BCUT2D eigenvalue weighted by Gasteiger charge is 2.18. The fraction of sp³-hybridized carbons (Fsp3) is 0.500. The van der Waals surface area contributed by atoms with E-state index in [1.165, 1.54) is 5.56 Å². The van der Waals surface area contributed by atoms with Crippen LogP contribution in [-0.2, 0) is 0 Å². The molecule has 1 aliphatic heterocycles. The van der Waals surface area contributed by atoms with Gasteiger partial charge in [0.2, 0.25) is 0 Å². The highest BCUT2D eigenvalue weighted by molar-refractivity contribution is 5.43. The Hall–Kier alpha value is -1.22. The Bertz CT molecular complexity index is 338. The molecule has 0 aromatic heterocycles. The highest BCUT2D eigenvalue weighted by Crippen LogP contribution is 2.34. The van der Waals surface area contributed by atoms with Crippen molar-refractivity contribution in [2.24, 2.45) is 5.73 Å². The Morgan fingerprint density at radius 2 is 2.40 bits per heavy atom. The van der Waals surface area contributed by atoms with Crippen LogP contribution in [0.3, 0.4) is 0 Å². The van der Waals surface area contributed by atoms with Crippen molar-refractivity contribution in [2.45, 2.75) is 18.8 Å². The number of fused-ring (bicyclic) bond motifs is 1. The summed E-state index contributed by atoms with van der Waals surface area (Å²) >= 11 is 0. The number of rotatable bonds is 2. The zero-order valence-electron chi connectivity index (χ0n) is 9.03. The van der Waals surface area contributed by atoms with E-state index in [9.17, 15) is 0 Å². The lowest BCUT2D eigenvalue weighted by Crippen LogP contribution is -2.11.